The van der Waals surface area contributed by atoms with Gasteiger partial charge < -0.3 is 14.5 Å². The molecule has 0 atom stereocenters. The third kappa shape index (κ3) is 6.08. The van der Waals surface area contributed by atoms with E-state index in [9.17, 15) is 51.9 Å². The predicted octanol–water partition coefficient (Wildman–Crippen LogP) is -1.58. The summed E-state index contributed by atoms with van der Waals surface area (Å²) in [6, 6.07) is 8.64. The van der Waals surface area contributed by atoms with Crippen molar-refractivity contribution in [3.63, 3.8) is 0 Å². The fourth-order valence-corrected chi connectivity index (χ4v) is 6.42. The Hall–Kier alpha value is -2.76. The topological polar surface area (TPSA) is 278 Å². The molecule has 0 aliphatic carbocycles. The largest absolute Gasteiger partial charge is 1.00 e. The Morgan fingerprint density at radius 2 is 0.951 bits per heavy atom. The van der Waals surface area contributed by atoms with Crippen molar-refractivity contribution in [2.45, 2.75) is 19.6 Å². The molecule has 0 saturated heterocycles. The van der Waals surface area contributed by atoms with Crippen LogP contribution in [0.5, 0.6) is 0 Å². The van der Waals surface area contributed by atoms with Crippen LogP contribution in [-0.2, 0) is 40.5 Å². The van der Waals surface area contributed by atoms with Gasteiger partial charge in [0.1, 0.15) is 37.7 Å². The molecule has 2 heterocycles. The normalized spacial score (nSPS) is 13.0. The van der Waals surface area contributed by atoms with Crippen LogP contribution in [0.1, 0.15) is 0 Å². The van der Waals surface area contributed by atoms with Crippen LogP contribution in [-0.4, -0.2) is 71.8 Å². The van der Waals surface area contributed by atoms with E-state index >= 15 is 0 Å². The average molecular weight is 653 g/mol. The molecule has 5 aromatic rings. The van der Waals surface area contributed by atoms with Crippen molar-refractivity contribution in [2.75, 3.05) is 0 Å². The molecule has 0 radical (unpaired) electrons. The molecule has 3 aromatic carbocycles. The van der Waals surface area contributed by atoms with Gasteiger partial charge in [-0.3, -0.25) is 13.7 Å². The fraction of sp³-hybridized carbons (Fsp3) is 0. The Morgan fingerprint density at radius 3 is 1.29 bits per heavy atom. The van der Waals surface area contributed by atoms with Gasteiger partial charge in [0.25, 0.3) is 30.4 Å². The number of nitrogens with one attached hydrogen (secondary N) is 2. The predicted molar refractivity (Wildman–Crippen MR) is 134 cm³/mol. The smallest absolute Gasteiger partial charge is 0.744 e. The Bertz CT molecular complexity index is 2150. The quantitative estimate of drug-likeness (QED) is 0.102. The zero-order valence-electron chi connectivity index (χ0n) is 20.2. The molecule has 0 saturated carbocycles. The van der Waals surface area contributed by atoms with Gasteiger partial charge in [-0.1, -0.05) is 24.3 Å². The van der Waals surface area contributed by atoms with Crippen molar-refractivity contribution in [2.24, 2.45) is 0 Å². The molecule has 0 unspecified atom stereocenters. The standard InChI is InChI=1S/C20H14N4O12S4.Na/c25-37(26,27)11-5-13-17(15(7-11)39(31,32)33)23-19(21-13)9-1-2-10(4-3-9)20-22-14-6-12(38(28,29)30)8-16(18(14)24-20)40(34,35)36;/h1-8H,(H,21,23)(H,22,24)(H,25,26,27)(H,28,29,30)(H,31,32,33)(H,34,35,36);/q;+1/p-1. The van der Waals surface area contributed by atoms with Crippen LogP contribution < -0.4 is 29.6 Å². The van der Waals surface area contributed by atoms with Gasteiger partial charge in [0.15, 0.2) is 0 Å². The molecule has 0 bridgehead atoms. The van der Waals surface area contributed by atoms with E-state index in [-0.39, 0.29) is 63.3 Å². The molecule has 41 heavy (non-hydrogen) atoms. The van der Waals surface area contributed by atoms with E-state index < -0.39 is 60.1 Å². The molecular weight excluding hydrogens is 639 g/mol. The zero-order chi connectivity index (χ0) is 29.4. The fourth-order valence-electron chi connectivity index (χ4n) is 3.87. The van der Waals surface area contributed by atoms with Crippen LogP contribution >= 0.6 is 0 Å². The minimum Gasteiger partial charge on any atom is -0.744 e. The number of hydrogen-bond acceptors (Lipinski definition) is 11. The monoisotopic (exact) mass is 652 g/mol. The summed E-state index contributed by atoms with van der Waals surface area (Å²) in [5, 5.41) is 0. The van der Waals surface area contributed by atoms with Gasteiger partial charge >= 0.3 is 29.6 Å². The summed E-state index contributed by atoms with van der Waals surface area (Å²) in [6.45, 7) is 0. The van der Waals surface area contributed by atoms with Gasteiger partial charge in [-0.25, -0.2) is 18.4 Å². The first-order valence-electron chi connectivity index (χ1n) is 10.4. The second-order valence-corrected chi connectivity index (χ2v) is 13.8. The molecule has 5 rings (SSSR count). The SMILES string of the molecule is O=S(=O)([O-])c1cc(S(=O)(=O)O)cc2[nH]c(-c3ccc(-c4nc5c(S(=O)(=O)O)cc(S(=O)(=O)O)cc5[nH]4)cc3)nc12.[Na+]. The van der Waals surface area contributed by atoms with Gasteiger partial charge in [0, 0.05) is 11.1 Å². The molecule has 2 aromatic heterocycles. The van der Waals surface area contributed by atoms with E-state index in [4.69, 9.17) is 0 Å². The Kier molecular flexibility index (Phi) is 7.76. The van der Waals surface area contributed by atoms with Gasteiger partial charge in [-0.15, -0.1) is 0 Å². The summed E-state index contributed by atoms with van der Waals surface area (Å²) >= 11 is 0. The van der Waals surface area contributed by atoms with Crippen molar-refractivity contribution < 1.29 is 81.4 Å². The van der Waals surface area contributed by atoms with E-state index in [0.717, 1.165) is 12.1 Å². The maximum atomic E-state index is 11.8. The van der Waals surface area contributed by atoms with E-state index in [1.165, 1.54) is 24.3 Å². The summed E-state index contributed by atoms with van der Waals surface area (Å²) in [6.07, 6.45) is 0. The first-order chi connectivity index (χ1) is 18.3. The number of H-pyrrole nitrogens is 2. The molecule has 16 nitrogen and oxygen atoms in total. The first kappa shape index (κ1) is 31.2. The minimum absolute atomic E-state index is 0. The van der Waals surface area contributed by atoms with Crippen LogP contribution in [0.3, 0.4) is 0 Å². The van der Waals surface area contributed by atoms with Gasteiger partial charge in [-0.2, -0.15) is 25.3 Å². The zero-order valence-corrected chi connectivity index (χ0v) is 25.4. The molecule has 0 aliphatic rings. The van der Waals surface area contributed by atoms with E-state index in [0.29, 0.717) is 23.3 Å². The number of hydrogen-bond donors (Lipinski definition) is 5. The Balaban J connectivity index is 0.00000387. The van der Waals surface area contributed by atoms with Gasteiger partial charge in [0.2, 0.25) is 0 Å². The Morgan fingerprint density at radius 1 is 0.585 bits per heavy atom. The third-order valence-corrected chi connectivity index (χ3v) is 9.00. The van der Waals surface area contributed by atoms with Crippen LogP contribution in [0.4, 0.5) is 0 Å². The number of benzene rings is 3. The molecular formula is C20H13N4NaO12S4. The molecule has 0 fully saturated rings. The molecule has 0 aliphatic heterocycles. The van der Waals surface area contributed by atoms with Crippen molar-refractivity contribution in [1.29, 1.82) is 0 Å². The molecule has 0 spiro atoms. The van der Waals surface area contributed by atoms with E-state index in [1.54, 1.807) is 0 Å². The maximum absolute atomic E-state index is 11.8. The van der Waals surface area contributed by atoms with Crippen molar-refractivity contribution in [3.8, 4) is 22.8 Å². The van der Waals surface area contributed by atoms with E-state index in [1.807, 2.05) is 0 Å². The summed E-state index contributed by atoms with van der Waals surface area (Å²) in [7, 11) is -19.9. The minimum atomic E-state index is -5.20. The van der Waals surface area contributed by atoms with Crippen LogP contribution in [0, 0.1) is 0 Å². The molecule has 5 N–H and O–H groups in total. The Labute approximate surface area is 253 Å². The van der Waals surface area contributed by atoms with Crippen LogP contribution in [0.25, 0.3) is 44.8 Å². The number of imidazole rings is 2. The number of fused-ring (bicyclic) bond motifs is 2. The molecule has 0 amide bonds. The van der Waals surface area contributed by atoms with Crippen LogP contribution in [0.2, 0.25) is 0 Å². The second kappa shape index (κ2) is 10.2. The summed E-state index contributed by atoms with van der Waals surface area (Å²) < 4.78 is 133. The van der Waals surface area contributed by atoms with Crippen molar-refractivity contribution in [3.05, 3.63) is 48.5 Å². The second-order valence-electron chi connectivity index (χ2n) is 8.26. The summed E-state index contributed by atoms with van der Waals surface area (Å²) in [5.74, 6) is 0.0380. The van der Waals surface area contributed by atoms with E-state index in [2.05, 4.69) is 19.9 Å². The average Bonchev–Trinajstić information content (AvgIpc) is 3.44. The number of nitrogens with zero attached hydrogens (tertiary/aromatic N) is 2. The number of aromatic amines is 2. The third-order valence-electron chi connectivity index (χ3n) is 5.63. The van der Waals surface area contributed by atoms with Gasteiger partial charge in [-0.05, 0) is 24.3 Å². The van der Waals surface area contributed by atoms with Crippen molar-refractivity contribution >= 4 is 62.5 Å². The molecule has 210 valence electrons. The number of aromatic nitrogens is 4. The molecule has 21 heteroatoms. The number of rotatable bonds is 6. The summed E-state index contributed by atoms with van der Waals surface area (Å²) in [4.78, 5) is 10.1. The first-order valence-corrected chi connectivity index (χ1v) is 16.1. The van der Waals surface area contributed by atoms with Crippen molar-refractivity contribution in [1.82, 2.24) is 19.9 Å². The van der Waals surface area contributed by atoms with Gasteiger partial charge in [0.05, 0.1) is 25.7 Å². The maximum Gasteiger partial charge on any atom is 1.00 e. The van der Waals surface area contributed by atoms with Crippen LogP contribution in [0.15, 0.2) is 68.1 Å². The summed E-state index contributed by atoms with van der Waals surface area (Å²) in [5.41, 5.74) is -0.361.